The molecule has 0 unspecified atom stereocenters. The van der Waals surface area contributed by atoms with Crippen LogP contribution in [0, 0.1) is 13.8 Å². The quantitative estimate of drug-likeness (QED) is 0.645. The number of carbonyl (C=O) groups is 1. The van der Waals surface area contributed by atoms with Gasteiger partial charge in [-0.2, -0.15) is 0 Å². The van der Waals surface area contributed by atoms with Crippen LogP contribution in [0.2, 0.25) is 0 Å². The number of nitrogens with two attached hydrogens (primary N) is 2. The number of rotatable bonds is 4. The average molecular weight is 377 g/mol. The maximum absolute atomic E-state index is 12.3. The van der Waals surface area contributed by atoms with Gasteiger partial charge in [-0.1, -0.05) is 6.07 Å². The third-order valence-electron chi connectivity index (χ3n) is 5.88. The Morgan fingerprint density at radius 2 is 1.71 bits per heavy atom. The van der Waals surface area contributed by atoms with E-state index in [9.17, 15) is 9.90 Å². The predicted octanol–water partition coefficient (Wildman–Crippen LogP) is 3.18. The number of nitrogen functional groups attached to an aromatic ring is 1. The molecular weight excluding hydrogens is 354 g/mol. The molecule has 1 aromatic carbocycles. The third-order valence-corrected chi connectivity index (χ3v) is 5.88. The molecule has 2 aliphatic carbocycles. The minimum absolute atomic E-state index is 0.160. The lowest BCUT2D eigenvalue weighted by Crippen LogP contribution is -2.14. The zero-order valence-corrected chi connectivity index (χ0v) is 16.0. The van der Waals surface area contributed by atoms with Crippen LogP contribution < -0.4 is 11.5 Å². The molecule has 28 heavy (non-hydrogen) atoms. The number of phenolic OH excluding ortho intramolecular Hbond substituents is 1. The zero-order valence-electron chi connectivity index (χ0n) is 16.0. The molecule has 0 spiro atoms. The molecule has 7 heteroatoms. The van der Waals surface area contributed by atoms with E-state index in [0.717, 1.165) is 42.6 Å². The van der Waals surface area contributed by atoms with Gasteiger partial charge in [-0.15, -0.1) is 0 Å². The number of carbonyl (C=O) groups excluding carboxylic acids is 1. The van der Waals surface area contributed by atoms with Crippen molar-refractivity contribution in [3.05, 3.63) is 40.2 Å². The fourth-order valence-electron chi connectivity index (χ4n) is 4.08. The lowest BCUT2D eigenvalue weighted by Gasteiger charge is -2.15. The van der Waals surface area contributed by atoms with Crippen LogP contribution in [0.1, 0.15) is 70.4 Å². The van der Waals surface area contributed by atoms with Crippen LogP contribution in [0.25, 0.3) is 16.9 Å². The largest absolute Gasteiger partial charge is 0.508 e. The first-order chi connectivity index (χ1) is 13.4. The molecule has 0 atom stereocenters. The number of aromatic hydroxyl groups is 1. The summed E-state index contributed by atoms with van der Waals surface area (Å²) in [6, 6.07) is 3.47. The Hall–Kier alpha value is -3.09. The summed E-state index contributed by atoms with van der Waals surface area (Å²) < 4.78 is 1.73. The van der Waals surface area contributed by atoms with Gasteiger partial charge < -0.3 is 16.6 Å². The van der Waals surface area contributed by atoms with E-state index in [-0.39, 0.29) is 17.1 Å². The van der Waals surface area contributed by atoms with Crippen LogP contribution >= 0.6 is 0 Å². The van der Waals surface area contributed by atoms with Crippen molar-refractivity contribution in [3.63, 3.8) is 0 Å². The molecule has 2 aliphatic rings. The second-order valence-electron chi connectivity index (χ2n) is 8.05. The molecule has 5 N–H and O–H groups in total. The Morgan fingerprint density at radius 1 is 1.11 bits per heavy atom. The Labute approximate surface area is 162 Å². The molecule has 1 amide bonds. The van der Waals surface area contributed by atoms with E-state index >= 15 is 0 Å². The van der Waals surface area contributed by atoms with E-state index in [0.29, 0.717) is 34.3 Å². The Balaban J connectivity index is 1.90. The van der Waals surface area contributed by atoms with Crippen molar-refractivity contribution in [3.8, 4) is 11.4 Å². The Morgan fingerprint density at radius 3 is 2.29 bits per heavy atom. The first kappa shape index (κ1) is 17.0. The molecular formula is C21H23N5O2. The van der Waals surface area contributed by atoms with Gasteiger partial charge in [0.05, 0.1) is 17.1 Å². The lowest BCUT2D eigenvalue weighted by molar-refractivity contribution is 0.100. The SMILES string of the molecule is Cc1ccc(O)c(C)c1-n1c(N)c(C(N)=O)c2nc(C3CC3)c(C3CC3)nc21. The Bertz CT molecular complexity index is 1160. The molecule has 0 saturated heterocycles. The number of hydrogen-bond donors (Lipinski definition) is 3. The van der Waals surface area contributed by atoms with E-state index < -0.39 is 5.91 Å². The highest BCUT2D eigenvalue weighted by Gasteiger charge is 2.37. The molecule has 0 bridgehead atoms. The van der Waals surface area contributed by atoms with E-state index in [1.54, 1.807) is 10.6 Å². The van der Waals surface area contributed by atoms with Crippen molar-refractivity contribution in [2.45, 2.75) is 51.4 Å². The number of hydrogen-bond acceptors (Lipinski definition) is 5. The van der Waals surface area contributed by atoms with Gasteiger partial charge in [-0.05, 0) is 51.2 Å². The number of benzene rings is 1. The standard InChI is InChI=1S/C21H23N5O2/c1-9-3-8-13(27)10(2)18(9)26-19(22)14(20(23)28)17-21(26)25-16(12-6-7-12)15(24-17)11-4-5-11/h3,8,11-12,27H,4-7,22H2,1-2H3,(H2,23,28). The summed E-state index contributed by atoms with van der Waals surface area (Å²) in [7, 11) is 0. The predicted molar refractivity (Wildman–Crippen MR) is 107 cm³/mol. The van der Waals surface area contributed by atoms with Gasteiger partial charge in [-0.3, -0.25) is 9.36 Å². The number of primary amides is 1. The van der Waals surface area contributed by atoms with Crippen molar-refractivity contribution in [1.82, 2.24) is 14.5 Å². The third kappa shape index (κ3) is 2.38. The van der Waals surface area contributed by atoms with Gasteiger partial charge in [0.2, 0.25) is 0 Å². The molecule has 2 saturated carbocycles. The summed E-state index contributed by atoms with van der Waals surface area (Å²) in [5.41, 5.74) is 17.6. The topological polar surface area (TPSA) is 120 Å². The summed E-state index contributed by atoms with van der Waals surface area (Å²) in [4.78, 5) is 22.1. The smallest absolute Gasteiger partial charge is 0.254 e. The van der Waals surface area contributed by atoms with Crippen molar-refractivity contribution >= 4 is 22.9 Å². The highest BCUT2D eigenvalue weighted by Crippen LogP contribution is 2.49. The minimum atomic E-state index is -0.619. The molecule has 7 nitrogen and oxygen atoms in total. The minimum Gasteiger partial charge on any atom is -0.508 e. The summed E-state index contributed by atoms with van der Waals surface area (Å²) in [6.45, 7) is 3.76. The first-order valence-corrected chi connectivity index (χ1v) is 9.69. The number of phenols is 1. The molecule has 2 fully saturated rings. The molecule has 0 radical (unpaired) electrons. The van der Waals surface area contributed by atoms with Gasteiger partial charge in [0.25, 0.3) is 5.91 Å². The number of fused-ring (bicyclic) bond motifs is 1. The molecule has 144 valence electrons. The number of anilines is 1. The summed E-state index contributed by atoms with van der Waals surface area (Å²) in [5.74, 6) is 0.607. The first-order valence-electron chi connectivity index (χ1n) is 9.69. The average Bonchev–Trinajstić information content (AvgIpc) is 3.54. The van der Waals surface area contributed by atoms with Crippen LogP contribution in [-0.2, 0) is 0 Å². The van der Waals surface area contributed by atoms with Crippen LogP contribution in [0.5, 0.6) is 5.75 Å². The van der Waals surface area contributed by atoms with Gasteiger partial charge in [-0.25, -0.2) is 9.97 Å². The van der Waals surface area contributed by atoms with Crippen LogP contribution in [0.3, 0.4) is 0 Å². The molecule has 2 heterocycles. The number of aromatic nitrogens is 3. The number of aryl methyl sites for hydroxylation is 1. The van der Waals surface area contributed by atoms with Crippen molar-refractivity contribution in [2.24, 2.45) is 5.73 Å². The molecule has 2 aromatic heterocycles. The van der Waals surface area contributed by atoms with Gasteiger partial charge in [0.15, 0.2) is 5.65 Å². The molecule has 5 rings (SSSR count). The maximum Gasteiger partial charge on any atom is 0.254 e. The van der Waals surface area contributed by atoms with Gasteiger partial charge in [0, 0.05) is 17.4 Å². The van der Waals surface area contributed by atoms with Gasteiger partial charge >= 0.3 is 0 Å². The van der Waals surface area contributed by atoms with Gasteiger partial charge in [0.1, 0.15) is 22.6 Å². The Kier molecular flexibility index (Phi) is 3.47. The summed E-state index contributed by atoms with van der Waals surface area (Å²) in [6.07, 6.45) is 4.44. The number of nitrogens with zero attached hydrogens (tertiary/aromatic N) is 3. The maximum atomic E-state index is 12.3. The highest BCUT2D eigenvalue weighted by molar-refractivity contribution is 6.09. The monoisotopic (exact) mass is 377 g/mol. The van der Waals surface area contributed by atoms with E-state index in [1.807, 2.05) is 19.9 Å². The zero-order chi connectivity index (χ0) is 19.7. The van der Waals surface area contributed by atoms with E-state index in [2.05, 4.69) is 0 Å². The van der Waals surface area contributed by atoms with Crippen LogP contribution in [0.15, 0.2) is 12.1 Å². The van der Waals surface area contributed by atoms with Crippen LogP contribution in [0.4, 0.5) is 5.82 Å². The van der Waals surface area contributed by atoms with Crippen molar-refractivity contribution in [1.29, 1.82) is 0 Å². The van der Waals surface area contributed by atoms with E-state index in [4.69, 9.17) is 21.4 Å². The normalized spacial score (nSPS) is 16.6. The fourth-order valence-corrected chi connectivity index (χ4v) is 4.08. The second-order valence-corrected chi connectivity index (χ2v) is 8.05. The fraction of sp³-hybridized carbons (Fsp3) is 0.381. The van der Waals surface area contributed by atoms with E-state index in [1.165, 1.54) is 0 Å². The molecule has 0 aliphatic heterocycles. The second kappa shape index (κ2) is 5.70. The highest BCUT2D eigenvalue weighted by atomic mass is 16.3. The van der Waals surface area contributed by atoms with Crippen molar-refractivity contribution in [2.75, 3.05) is 5.73 Å². The molecule has 3 aromatic rings. The summed E-state index contributed by atoms with van der Waals surface area (Å²) in [5, 5.41) is 10.3. The summed E-state index contributed by atoms with van der Waals surface area (Å²) >= 11 is 0. The van der Waals surface area contributed by atoms with Crippen molar-refractivity contribution < 1.29 is 9.90 Å². The number of amides is 1. The lowest BCUT2D eigenvalue weighted by atomic mass is 10.1. The van der Waals surface area contributed by atoms with Crippen LogP contribution in [-0.4, -0.2) is 25.5 Å².